The molecule has 0 aliphatic carbocycles. The molecule has 0 saturated heterocycles. The minimum atomic E-state index is -4.50. The lowest BCUT2D eigenvalue weighted by molar-refractivity contribution is -0.141. The molecule has 3 heterocycles. The quantitative estimate of drug-likeness (QED) is 0.721. The third-order valence-electron chi connectivity index (χ3n) is 2.73. The first kappa shape index (κ1) is 14.7. The molecule has 0 atom stereocenters. The summed E-state index contributed by atoms with van der Waals surface area (Å²) in [4.78, 5) is 8.45. The molecule has 0 spiro atoms. The van der Waals surface area contributed by atoms with Crippen LogP contribution in [0.4, 0.5) is 13.2 Å². The van der Waals surface area contributed by atoms with Crippen molar-refractivity contribution in [2.75, 3.05) is 0 Å². The van der Waals surface area contributed by atoms with E-state index in [-0.39, 0.29) is 5.03 Å². The molecule has 6 nitrogen and oxygen atoms in total. The van der Waals surface area contributed by atoms with Crippen molar-refractivity contribution in [2.45, 2.75) is 30.2 Å². The molecule has 0 aliphatic rings. The van der Waals surface area contributed by atoms with Gasteiger partial charge in [-0.05, 0) is 43.8 Å². The Balaban J connectivity index is 1.88. The van der Waals surface area contributed by atoms with E-state index in [1.807, 2.05) is 19.9 Å². The number of aromatic nitrogens is 6. The average molecular weight is 326 g/mol. The fourth-order valence-corrected chi connectivity index (χ4v) is 2.46. The normalized spacial score (nSPS) is 12.0. The summed E-state index contributed by atoms with van der Waals surface area (Å²) in [6.45, 7) is 3.71. The van der Waals surface area contributed by atoms with Gasteiger partial charge in [0.15, 0.2) is 5.69 Å². The van der Waals surface area contributed by atoms with Crippen LogP contribution in [0.1, 0.15) is 17.1 Å². The number of aryl methyl sites for hydroxylation is 2. The SMILES string of the molecule is Cc1cc(C)n2nc(Sc3ccc(C(F)(F)F)nn3)nc2n1. The van der Waals surface area contributed by atoms with Gasteiger partial charge in [-0.25, -0.2) is 9.50 Å². The highest BCUT2D eigenvalue weighted by Gasteiger charge is 2.32. The first-order chi connectivity index (χ1) is 10.3. The predicted octanol–water partition coefficient (Wildman–Crippen LogP) is 2.70. The van der Waals surface area contributed by atoms with Gasteiger partial charge in [-0.1, -0.05) is 0 Å². The van der Waals surface area contributed by atoms with Crippen LogP contribution < -0.4 is 0 Å². The number of fused-ring (bicyclic) bond motifs is 1. The van der Waals surface area contributed by atoms with E-state index < -0.39 is 11.9 Å². The number of hydrogen-bond donors (Lipinski definition) is 0. The summed E-state index contributed by atoms with van der Waals surface area (Å²) < 4.78 is 38.8. The molecule has 0 bridgehead atoms. The zero-order valence-electron chi connectivity index (χ0n) is 11.5. The van der Waals surface area contributed by atoms with Crippen LogP contribution in [0.5, 0.6) is 0 Å². The molecule has 0 aromatic carbocycles. The Bertz CT molecular complexity index is 827. The number of rotatable bonds is 2. The largest absolute Gasteiger partial charge is 0.435 e. The maximum atomic E-state index is 12.4. The minimum Gasteiger partial charge on any atom is -0.216 e. The van der Waals surface area contributed by atoms with Crippen LogP contribution in [0, 0.1) is 13.8 Å². The summed E-state index contributed by atoms with van der Waals surface area (Å²) in [5.41, 5.74) is 0.636. The molecule has 0 unspecified atom stereocenters. The average Bonchev–Trinajstić information content (AvgIpc) is 2.81. The highest BCUT2D eigenvalue weighted by Crippen LogP contribution is 2.29. The standard InChI is InChI=1S/C12H9F3N6S/c1-6-5-7(2)21-10(16-6)17-11(20-21)22-9-4-3-8(18-19-9)12(13,14)15/h3-5H,1-2H3. The summed E-state index contributed by atoms with van der Waals surface area (Å²) in [7, 11) is 0. The fraction of sp³-hybridized carbons (Fsp3) is 0.250. The fourth-order valence-electron chi connectivity index (χ4n) is 1.81. The Kier molecular flexibility index (Phi) is 3.47. The predicted molar refractivity (Wildman–Crippen MR) is 71.4 cm³/mol. The second-order valence-electron chi connectivity index (χ2n) is 4.50. The van der Waals surface area contributed by atoms with Gasteiger partial charge in [0.2, 0.25) is 5.16 Å². The highest BCUT2D eigenvalue weighted by molar-refractivity contribution is 7.99. The first-order valence-corrected chi connectivity index (χ1v) is 6.94. The Hall–Kier alpha value is -2.23. The highest BCUT2D eigenvalue weighted by atomic mass is 32.2. The van der Waals surface area contributed by atoms with Crippen LogP contribution in [0.3, 0.4) is 0 Å². The zero-order chi connectivity index (χ0) is 15.9. The molecule has 3 aromatic heterocycles. The first-order valence-electron chi connectivity index (χ1n) is 6.13. The van der Waals surface area contributed by atoms with Crippen molar-refractivity contribution in [2.24, 2.45) is 0 Å². The van der Waals surface area contributed by atoms with E-state index in [2.05, 4.69) is 25.3 Å². The van der Waals surface area contributed by atoms with E-state index in [4.69, 9.17) is 0 Å². The van der Waals surface area contributed by atoms with Gasteiger partial charge in [-0.3, -0.25) is 0 Å². The molecule has 0 radical (unpaired) electrons. The molecular formula is C12H9F3N6S. The molecule has 0 fully saturated rings. The van der Waals surface area contributed by atoms with Crippen LogP contribution in [0.2, 0.25) is 0 Å². The van der Waals surface area contributed by atoms with Crippen molar-refractivity contribution in [3.05, 3.63) is 35.3 Å². The monoisotopic (exact) mass is 326 g/mol. The van der Waals surface area contributed by atoms with Crippen molar-refractivity contribution < 1.29 is 13.2 Å². The van der Waals surface area contributed by atoms with Crippen molar-refractivity contribution in [3.8, 4) is 0 Å². The molecule has 22 heavy (non-hydrogen) atoms. The van der Waals surface area contributed by atoms with Crippen LogP contribution in [0.25, 0.3) is 5.78 Å². The molecule has 3 aromatic rings. The van der Waals surface area contributed by atoms with E-state index in [1.165, 1.54) is 6.07 Å². The lowest BCUT2D eigenvalue weighted by Crippen LogP contribution is -2.08. The van der Waals surface area contributed by atoms with Crippen molar-refractivity contribution in [1.29, 1.82) is 0 Å². The van der Waals surface area contributed by atoms with E-state index in [1.54, 1.807) is 4.52 Å². The number of alkyl halides is 3. The number of halogens is 3. The Morgan fingerprint density at radius 1 is 1.09 bits per heavy atom. The molecule has 114 valence electrons. The molecule has 0 N–H and O–H groups in total. The summed E-state index contributed by atoms with van der Waals surface area (Å²) in [6.07, 6.45) is -4.50. The summed E-state index contributed by atoms with van der Waals surface area (Å²) >= 11 is 1.02. The summed E-state index contributed by atoms with van der Waals surface area (Å²) in [5, 5.41) is 11.5. The summed E-state index contributed by atoms with van der Waals surface area (Å²) in [6, 6.07) is 3.96. The Morgan fingerprint density at radius 2 is 1.86 bits per heavy atom. The third kappa shape index (κ3) is 2.86. The molecule has 0 saturated carbocycles. The molecular weight excluding hydrogens is 317 g/mol. The van der Waals surface area contributed by atoms with E-state index >= 15 is 0 Å². The molecule has 0 aliphatic heterocycles. The van der Waals surface area contributed by atoms with E-state index in [0.717, 1.165) is 29.2 Å². The Labute approximate surface area is 126 Å². The van der Waals surface area contributed by atoms with Gasteiger partial charge in [0.1, 0.15) is 5.03 Å². The molecule has 0 amide bonds. The second kappa shape index (κ2) is 5.20. The number of nitrogens with zero attached hydrogens (tertiary/aromatic N) is 6. The minimum absolute atomic E-state index is 0.276. The van der Waals surface area contributed by atoms with Gasteiger partial charge < -0.3 is 0 Å². The zero-order valence-corrected chi connectivity index (χ0v) is 12.3. The van der Waals surface area contributed by atoms with E-state index in [0.29, 0.717) is 10.9 Å². The number of hydrogen-bond acceptors (Lipinski definition) is 6. The molecule has 3 rings (SSSR count). The topological polar surface area (TPSA) is 68.9 Å². The lowest BCUT2D eigenvalue weighted by Gasteiger charge is -2.03. The maximum absolute atomic E-state index is 12.4. The van der Waals surface area contributed by atoms with Crippen LogP contribution in [0.15, 0.2) is 28.4 Å². The van der Waals surface area contributed by atoms with Crippen molar-refractivity contribution >= 4 is 17.5 Å². The van der Waals surface area contributed by atoms with Crippen molar-refractivity contribution in [3.63, 3.8) is 0 Å². The van der Waals surface area contributed by atoms with Gasteiger partial charge in [0, 0.05) is 11.4 Å². The van der Waals surface area contributed by atoms with Gasteiger partial charge >= 0.3 is 6.18 Å². The van der Waals surface area contributed by atoms with Crippen molar-refractivity contribution in [1.82, 2.24) is 29.8 Å². The smallest absolute Gasteiger partial charge is 0.216 e. The summed E-state index contributed by atoms with van der Waals surface area (Å²) in [5.74, 6) is 0.430. The van der Waals surface area contributed by atoms with Crippen LogP contribution in [-0.4, -0.2) is 29.8 Å². The van der Waals surface area contributed by atoms with Gasteiger partial charge in [-0.15, -0.1) is 15.3 Å². The lowest BCUT2D eigenvalue weighted by atomic mass is 10.4. The molecule has 10 heteroatoms. The third-order valence-corrected chi connectivity index (χ3v) is 3.51. The van der Waals surface area contributed by atoms with Crippen LogP contribution in [-0.2, 0) is 6.18 Å². The second-order valence-corrected chi connectivity index (χ2v) is 5.49. The van der Waals surface area contributed by atoms with Crippen LogP contribution >= 0.6 is 11.8 Å². The maximum Gasteiger partial charge on any atom is 0.435 e. The Morgan fingerprint density at radius 3 is 2.50 bits per heavy atom. The van der Waals surface area contributed by atoms with Gasteiger partial charge in [-0.2, -0.15) is 18.2 Å². The van der Waals surface area contributed by atoms with E-state index in [9.17, 15) is 13.2 Å². The van der Waals surface area contributed by atoms with Gasteiger partial charge in [0.05, 0.1) is 0 Å². The van der Waals surface area contributed by atoms with Gasteiger partial charge in [0.25, 0.3) is 5.78 Å².